The molecule has 5 N–H and O–H groups in total. The lowest BCUT2D eigenvalue weighted by Gasteiger charge is -2.29. The lowest BCUT2D eigenvalue weighted by Crippen LogP contribution is -2.28. The molecular formula is C19H24ClN3O5S2. The lowest BCUT2D eigenvalue weighted by molar-refractivity contribution is 0.269. The summed E-state index contributed by atoms with van der Waals surface area (Å²) in [6, 6.07) is 8.33. The van der Waals surface area contributed by atoms with Gasteiger partial charge in [0.05, 0.1) is 37.2 Å². The summed E-state index contributed by atoms with van der Waals surface area (Å²) in [7, 11) is -3.88. The third-order valence-electron chi connectivity index (χ3n) is 4.48. The van der Waals surface area contributed by atoms with E-state index in [4.69, 9.17) is 21.5 Å². The van der Waals surface area contributed by atoms with Gasteiger partial charge in [-0.25, -0.2) is 17.9 Å². The molecule has 0 saturated carbocycles. The molecule has 1 aliphatic rings. The molecule has 0 fully saturated rings. The molecule has 0 atom stereocenters. The van der Waals surface area contributed by atoms with Gasteiger partial charge in [-0.05, 0) is 60.2 Å². The minimum Gasteiger partial charge on any atom is -0.494 e. The highest BCUT2D eigenvalue weighted by atomic mass is 35.5. The van der Waals surface area contributed by atoms with Crippen molar-refractivity contribution in [3.05, 3.63) is 46.5 Å². The molecule has 164 valence electrons. The predicted octanol–water partition coefficient (Wildman–Crippen LogP) is 2.52. The molecule has 2 aromatic carbocycles. The van der Waals surface area contributed by atoms with E-state index in [9.17, 15) is 18.6 Å². The van der Waals surface area contributed by atoms with E-state index in [0.717, 1.165) is 30.0 Å². The maximum Gasteiger partial charge on any atom is 0.239 e. The summed E-state index contributed by atoms with van der Waals surface area (Å²) >= 11 is 7.48. The molecular weight excluding hydrogens is 450 g/mol. The van der Waals surface area contributed by atoms with Crippen molar-refractivity contribution in [3.63, 3.8) is 0 Å². The van der Waals surface area contributed by atoms with Gasteiger partial charge in [0.2, 0.25) is 10.0 Å². The predicted molar refractivity (Wildman–Crippen MR) is 117 cm³/mol. The normalized spacial score (nSPS) is 14.3. The van der Waals surface area contributed by atoms with Crippen molar-refractivity contribution < 1.29 is 23.4 Å². The second kappa shape index (κ2) is 10.2. The number of benzene rings is 2. The number of aliphatic hydroxyl groups is 2. The van der Waals surface area contributed by atoms with E-state index < -0.39 is 10.0 Å². The highest BCUT2D eigenvalue weighted by molar-refractivity contribution is 7.97. The number of rotatable bonds is 9. The Morgan fingerprint density at radius 3 is 2.47 bits per heavy atom. The Morgan fingerprint density at radius 2 is 1.83 bits per heavy atom. The highest BCUT2D eigenvalue weighted by Crippen LogP contribution is 2.38. The quantitative estimate of drug-likeness (QED) is 0.323. The van der Waals surface area contributed by atoms with Gasteiger partial charge in [0, 0.05) is 11.4 Å². The Bertz CT molecular complexity index is 982. The molecule has 30 heavy (non-hydrogen) atoms. The summed E-state index contributed by atoms with van der Waals surface area (Å²) in [6.45, 7) is 1.66. The maximum absolute atomic E-state index is 11.7. The number of sulfonamides is 1. The van der Waals surface area contributed by atoms with Gasteiger partial charge in [0.25, 0.3) is 0 Å². The average Bonchev–Trinajstić information content (AvgIpc) is 2.72. The summed E-state index contributed by atoms with van der Waals surface area (Å²) in [5, 5.41) is 27.1. The van der Waals surface area contributed by atoms with Crippen molar-refractivity contribution in [2.24, 2.45) is 5.14 Å². The second-order valence-corrected chi connectivity index (χ2v) is 9.89. The molecule has 0 spiro atoms. The zero-order chi connectivity index (χ0) is 21.7. The Morgan fingerprint density at radius 1 is 1.13 bits per heavy atom. The monoisotopic (exact) mass is 473 g/mol. The van der Waals surface area contributed by atoms with Crippen LogP contribution >= 0.6 is 23.5 Å². The second-order valence-electron chi connectivity index (χ2n) is 6.81. The van der Waals surface area contributed by atoms with Gasteiger partial charge in [-0.2, -0.15) is 0 Å². The smallest absolute Gasteiger partial charge is 0.239 e. The van der Waals surface area contributed by atoms with Crippen molar-refractivity contribution in [1.29, 1.82) is 0 Å². The number of hydrogen-bond acceptors (Lipinski definition) is 8. The topological polar surface area (TPSA) is 125 Å². The first kappa shape index (κ1) is 23.1. The van der Waals surface area contributed by atoms with E-state index in [1.165, 1.54) is 18.0 Å². The molecule has 0 amide bonds. The minimum absolute atomic E-state index is 0.0835. The Hall–Kier alpha value is -1.53. The Kier molecular flexibility index (Phi) is 7.86. The number of nitrogens with zero attached hydrogens (tertiary/aromatic N) is 1. The van der Waals surface area contributed by atoms with Crippen LogP contribution in [0, 0.1) is 0 Å². The van der Waals surface area contributed by atoms with Gasteiger partial charge in [0.1, 0.15) is 10.6 Å². The standard InChI is InChI=1S/C19H24ClN3O5S2/c20-16-8-17-18(9-19(16)30(21,26)27)29-23(12-22-17)3-1-2-4-28-15-6-13(10-24)5-14(7-15)11-25/h5-9,22,24-25H,1-4,10-12H2,(H2,21,26,27). The number of hydrogen-bond donors (Lipinski definition) is 4. The average molecular weight is 474 g/mol. The van der Waals surface area contributed by atoms with Gasteiger partial charge in [-0.15, -0.1) is 0 Å². The van der Waals surface area contributed by atoms with Gasteiger partial charge < -0.3 is 20.3 Å². The van der Waals surface area contributed by atoms with Crippen LogP contribution in [0.1, 0.15) is 24.0 Å². The molecule has 0 bridgehead atoms. The zero-order valence-corrected chi connectivity index (χ0v) is 18.6. The van der Waals surface area contributed by atoms with Crippen molar-refractivity contribution in [2.75, 3.05) is 25.1 Å². The number of nitrogens with two attached hydrogens (primary N) is 1. The van der Waals surface area contributed by atoms with Crippen LogP contribution in [0.5, 0.6) is 5.75 Å². The molecule has 1 aliphatic heterocycles. The van der Waals surface area contributed by atoms with E-state index >= 15 is 0 Å². The number of ether oxygens (including phenoxy) is 1. The summed E-state index contributed by atoms with van der Waals surface area (Å²) in [4.78, 5) is 0.670. The Balaban J connectivity index is 1.49. The van der Waals surface area contributed by atoms with Crippen LogP contribution in [0.15, 0.2) is 40.1 Å². The fourth-order valence-electron chi connectivity index (χ4n) is 3.01. The first-order chi connectivity index (χ1) is 14.3. The molecule has 0 unspecified atom stereocenters. The van der Waals surface area contributed by atoms with Crippen molar-refractivity contribution in [1.82, 2.24) is 4.31 Å². The van der Waals surface area contributed by atoms with E-state index in [1.54, 1.807) is 24.3 Å². The first-order valence-corrected chi connectivity index (χ1v) is 12.0. The van der Waals surface area contributed by atoms with Crippen LogP contribution in [0.2, 0.25) is 5.02 Å². The number of primary sulfonamides is 1. The first-order valence-electron chi connectivity index (χ1n) is 9.30. The molecule has 0 saturated heterocycles. The van der Waals surface area contributed by atoms with Gasteiger partial charge >= 0.3 is 0 Å². The largest absolute Gasteiger partial charge is 0.494 e. The van der Waals surface area contributed by atoms with Crippen LogP contribution < -0.4 is 15.2 Å². The molecule has 0 radical (unpaired) electrons. The van der Waals surface area contributed by atoms with Gasteiger partial charge in [-0.1, -0.05) is 17.7 Å². The third-order valence-corrected chi connectivity index (χ3v) is 6.96. The van der Waals surface area contributed by atoms with Crippen molar-refractivity contribution >= 4 is 39.3 Å². The summed E-state index contributed by atoms with van der Waals surface area (Å²) in [6.07, 6.45) is 1.68. The van der Waals surface area contributed by atoms with E-state index in [2.05, 4.69) is 9.62 Å². The number of unbranched alkanes of at least 4 members (excludes halogenated alkanes) is 1. The van der Waals surface area contributed by atoms with Crippen LogP contribution in [-0.2, 0) is 23.2 Å². The number of halogens is 1. The number of fused-ring (bicyclic) bond motifs is 1. The number of anilines is 1. The Labute approximate surface area is 185 Å². The molecule has 0 aromatic heterocycles. The SMILES string of the molecule is NS(=O)(=O)c1cc2c(cc1Cl)NCN(CCCCOc1cc(CO)cc(CO)c1)S2. The van der Waals surface area contributed by atoms with Crippen molar-refractivity contribution in [2.45, 2.75) is 35.8 Å². The summed E-state index contributed by atoms with van der Waals surface area (Å²) < 4.78 is 31.2. The minimum atomic E-state index is -3.88. The lowest BCUT2D eigenvalue weighted by atomic mass is 10.1. The van der Waals surface area contributed by atoms with Crippen LogP contribution in [0.3, 0.4) is 0 Å². The van der Waals surface area contributed by atoms with E-state index in [1.807, 2.05) is 0 Å². The van der Waals surface area contributed by atoms with E-state index in [0.29, 0.717) is 30.2 Å². The fourth-order valence-corrected chi connectivity index (χ4v) is 5.21. The molecule has 2 aromatic rings. The van der Waals surface area contributed by atoms with Crippen LogP contribution in [0.25, 0.3) is 0 Å². The molecule has 1 heterocycles. The van der Waals surface area contributed by atoms with Crippen LogP contribution in [-0.4, -0.2) is 42.8 Å². The highest BCUT2D eigenvalue weighted by Gasteiger charge is 2.22. The number of aliphatic hydroxyl groups excluding tert-OH is 2. The zero-order valence-electron chi connectivity index (χ0n) is 16.2. The maximum atomic E-state index is 11.7. The fraction of sp³-hybridized carbons (Fsp3) is 0.368. The molecule has 8 nitrogen and oxygen atoms in total. The van der Waals surface area contributed by atoms with E-state index in [-0.39, 0.29) is 23.1 Å². The van der Waals surface area contributed by atoms with Crippen molar-refractivity contribution in [3.8, 4) is 5.75 Å². The number of nitrogens with one attached hydrogen (secondary N) is 1. The van der Waals surface area contributed by atoms with Crippen LogP contribution in [0.4, 0.5) is 5.69 Å². The third kappa shape index (κ3) is 6.01. The summed E-state index contributed by atoms with van der Waals surface area (Å²) in [5.74, 6) is 0.626. The molecule has 11 heteroatoms. The molecule has 3 rings (SSSR count). The molecule has 0 aliphatic carbocycles. The van der Waals surface area contributed by atoms with Gasteiger partial charge in [0.15, 0.2) is 0 Å². The summed E-state index contributed by atoms with van der Waals surface area (Å²) in [5.41, 5.74) is 2.18. The van der Waals surface area contributed by atoms with Gasteiger partial charge in [-0.3, -0.25) is 0 Å².